The largest absolute Gasteiger partial charge is 0.352 e. The van der Waals surface area contributed by atoms with Gasteiger partial charge in [0.05, 0.1) is 37.0 Å². The van der Waals surface area contributed by atoms with Crippen LogP contribution in [0, 0.1) is 0 Å². The fraction of sp³-hybridized carbons (Fsp3) is 0.436. The molecule has 2 saturated heterocycles. The number of nitrogens with zero attached hydrogens (tertiary/aromatic N) is 5. The second-order valence-corrected chi connectivity index (χ2v) is 23.6. The van der Waals surface area contributed by atoms with Crippen molar-refractivity contribution in [2.75, 3.05) is 39.3 Å². The van der Waals surface area contributed by atoms with E-state index in [-0.39, 0.29) is 16.7 Å². The number of halogens is 2. The summed E-state index contributed by atoms with van der Waals surface area (Å²) >= 11 is 12.5. The minimum absolute atomic E-state index is 0.144. The van der Waals surface area contributed by atoms with Crippen LogP contribution in [0.2, 0.25) is 4.34 Å². The Hall–Kier alpha value is -4.41. The summed E-state index contributed by atoms with van der Waals surface area (Å²) in [7, 11) is -4.26. The number of likely N-dealkylation sites (tertiary alicyclic amines) is 2. The highest BCUT2D eigenvalue weighted by atomic mass is 79.9. The Labute approximate surface area is 431 Å². The second kappa shape index (κ2) is 23.4. The van der Waals surface area contributed by atoms with E-state index in [1.165, 1.54) is 49.7 Å². The number of H-pyrrole nitrogens is 2. The van der Waals surface area contributed by atoms with Crippen molar-refractivity contribution in [3.05, 3.63) is 145 Å². The number of hydrogen-bond donors (Lipinski definition) is 3. The predicted octanol–water partition coefficient (Wildman–Crippen LogP) is 12.6. The minimum Gasteiger partial charge on any atom is -0.352 e. The summed E-state index contributed by atoms with van der Waals surface area (Å²) in [6, 6.07) is 29.9. The zero-order chi connectivity index (χ0) is 48.6. The molecule has 370 valence electrons. The van der Waals surface area contributed by atoms with Crippen LogP contribution in [0.15, 0.2) is 99.7 Å². The molecule has 3 aromatic heterocycles. The smallest absolute Gasteiger partial charge is 0.254 e. The molecule has 2 fully saturated rings. The third-order valence-corrected chi connectivity index (χ3v) is 19.4. The van der Waals surface area contributed by atoms with Crippen molar-refractivity contribution < 1.29 is 13.2 Å². The Morgan fingerprint density at radius 2 is 1.33 bits per heavy atom. The van der Waals surface area contributed by atoms with Gasteiger partial charge in [-0.05, 0) is 140 Å². The van der Waals surface area contributed by atoms with Crippen molar-refractivity contribution in [1.29, 1.82) is 0 Å². The number of aromatic nitrogens is 4. The van der Waals surface area contributed by atoms with Gasteiger partial charge in [-0.25, -0.2) is 18.4 Å². The predicted molar refractivity (Wildman–Crippen MR) is 288 cm³/mol. The molecule has 1 amide bonds. The molecular formula is C55H66BrClN8O3S2. The van der Waals surface area contributed by atoms with Gasteiger partial charge in [0.25, 0.3) is 15.9 Å². The van der Waals surface area contributed by atoms with Crippen LogP contribution in [-0.4, -0.2) is 87.6 Å². The van der Waals surface area contributed by atoms with Crippen molar-refractivity contribution in [1.82, 2.24) is 39.4 Å². The van der Waals surface area contributed by atoms with E-state index in [1.807, 2.05) is 42.5 Å². The number of piperidine rings is 2. The van der Waals surface area contributed by atoms with Crippen LogP contribution in [0.4, 0.5) is 0 Å². The van der Waals surface area contributed by atoms with Crippen molar-refractivity contribution in [2.24, 2.45) is 0 Å². The van der Waals surface area contributed by atoms with Crippen LogP contribution in [0.25, 0.3) is 22.1 Å². The molecule has 7 aromatic rings. The Bertz CT molecular complexity index is 2960. The van der Waals surface area contributed by atoms with Crippen LogP contribution in [0.1, 0.15) is 140 Å². The molecule has 4 aromatic carbocycles. The quantitative estimate of drug-likeness (QED) is 0.0611. The van der Waals surface area contributed by atoms with E-state index in [4.69, 9.17) is 21.6 Å². The average Bonchev–Trinajstić information content (AvgIpc) is 4.10. The molecule has 0 radical (unpaired) electrons. The van der Waals surface area contributed by atoms with Gasteiger partial charge in [0.1, 0.15) is 17.2 Å². The molecule has 0 saturated carbocycles. The number of aromatic amines is 2. The minimum atomic E-state index is -4.26. The van der Waals surface area contributed by atoms with E-state index in [1.54, 1.807) is 4.31 Å². The molecule has 3 N–H and O–H groups in total. The van der Waals surface area contributed by atoms with E-state index in [0.717, 1.165) is 97.5 Å². The number of rotatable bonds is 21. The Morgan fingerprint density at radius 1 is 0.743 bits per heavy atom. The van der Waals surface area contributed by atoms with Crippen molar-refractivity contribution >= 4 is 76.9 Å². The maximum absolute atomic E-state index is 15.9. The SMILES string of the molecule is CCCCNC(=O)c1cccc2[nH]c(C(Cc3ccccc3CN3CCCCC3)c3c(Cl)sc(S(=O)(=O)N(CCCC)C(Cc4ccccc4CN4CCCCC4)c4nc5ccccc5[nH]4)c3Br)nc12. The monoisotopic (exact) mass is 1060 g/mol. The average molecular weight is 1070 g/mol. The summed E-state index contributed by atoms with van der Waals surface area (Å²) in [6.07, 6.45) is 11.5. The molecule has 70 heavy (non-hydrogen) atoms. The van der Waals surface area contributed by atoms with E-state index in [2.05, 4.69) is 103 Å². The lowest BCUT2D eigenvalue weighted by molar-refractivity contribution is 0.0954. The Balaban J connectivity index is 1.15. The van der Waals surface area contributed by atoms with E-state index in [0.29, 0.717) is 62.9 Å². The summed E-state index contributed by atoms with van der Waals surface area (Å²) in [5.74, 6) is 0.524. The van der Waals surface area contributed by atoms with Gasteiger partial charge < -0.3 is 15.3 Å². The summed E-state index contributed by atoms with van der Waals surface area (Å²) in [4.78, 5) is 36.1. The molecule has 2 atom stereocenters. The van der Waals surface area contributed by atoms with Gasteiger partial charge in [0, 0.05) is 37.7 Å². The summed E-state index contributed by atoms with van der Waals surface area (Å²) in [5.41, 5.74) is 8.72. The molecule has 2 unspecified atom stereocenters. The summed E-state index contributed by atoms with van der Waals surface area (Å²) in [5, 5.41) is 3.07. The van der Waals surface area contributed by atoms with Crippen LogP contribution in [0.5, 0.6) is 0 Å². The van der Waals surface area contributed by atoms with E-state index in [9.17, 15) is 4.79 Å². The number of fused-ring (bicyclic) bond motifs is 2. The highest BCUT2D eigenvalue weighted by Gasteiger charge is 2.40. The number of amides is 1. The first-order valence-corrected chi connectivity index (χ1v) is 28.8. The number of carbonyl (C=O) groups is 1. The number of hydrogen-bond acceptors (Lipinski definition) is 8. The number of sulfonamides is 1. The number of imidazole rings is 2. The molecule has 11 nitrogen and oxygen atoms in total. The first kappa shape index (κ1) is 50.5. The number of carbonyl (C=O) groups excluding carboxylic acids is 1. The number of unbranched alkanes of at least 4 members (excludes halogenated alkanes) is 2. The van der Waals surface area contributed by atoms with E-state index < -0.39 is 22.0 Å². The van der Waals surface area contributed by atoms with Gasteiger partial charge in [-0.15, -0.1) is 11.3 Å². The van der Waals surface area contributed by atoms with Gasteiger partial charge in [0.2, 0.25) is 0 Å². The number of para-hydroxylation sites is 3. The highest BCUT2D eigenvalue weighted by molar-refractivity contribution is 9.10. The molecular weight excluding hydrogens is 1000 g/mol. The fourth-order valence-electron chi connectivity index (χ4n) is 10.3. The molecule has 0 spiro atoms. The lowest BCUT2D eigenvalue weighted by Crippen LogP contribution is -2.37. The fourth-order valence-corrected chi connectivity index (χ4v) is 15.6. The van der Waals surface area contributed by atoms with Crippen LogP contribution >= 0.6 is 38.9 Å². The van der Waals surface area contributed by atoms with Gasteiger partial charge in [0.15, 0.2) is 4.21 Å². The molecule has 2 aliphatic heterocycles. The van der Waals surface area contributed by atoms with Gasteiger partial charge in [-0.1, -0.05) is 118 Å². The second-order valence-electron chi connectivity index (χ2n) is 19.1. The zero-order valence-corrected chi connectivity index (χ0v) is 44.5. The number of thiophene rings is 1. The lowest BCUT2D eigenvalue weighted by atomic mass is 9.90. The van der Waals surface area contributed by atoms with Gasteiger partial charge in [-0.3, -0.25) is 14.6 Å². The van der Waals surface area contributed by atoms with E-state index >= 15 is 8.42 Å². The molecule has 0 aliphatic carbocycles. The zero-order valence-electron chi connectivity index (χ0n) is 40.5. The Kier molecular flexibility index (Phi) is 16.9. The molecule has 5 heterocycles. The van der Waals surface area contributed by atoms with Crippen molar-refractivity contribution in [3.63, 3.8) is 0 Å². The van der Waals surface area contributed by atoms with Crippen LogP contribution in [-0.2, 0) is 36.0 Å². The first-order chi connectivity index (χ1) is 34.1. The number of benzene rings is 4. The van der Waals surface area contributed by atoms with Gasteiger partial charge >= 0.3 is 0 Å². The molecule has 2 aliphatic rings. The maximum atomic E-state index is 15.9. The van der Waals surface area contributed by atoms with Crippen LogP contribution < -0.4 is 5.32 Å². The highest BCUT2D eigenvalue weighted by Crippen LogP contribution is 2.48. The van der Waals surface area contributed by atoms with Crippen LogP contribution in [0.3, 0.4) is 0 Å². The van der Waals surface area contributed by atoms with Gasteiger partial charge in [-0.2, -0.15) is 4.31 Å². The first-order valence-electron chi connectivity index (χ1n) is 25.4. The van der Waals surface area contributed by atoms with Crippen molar-refractivity contribution in [2.45, 2.75) is 120 Å². The van der Waals surface area contributed by atoms with Crippen molar-refractivity contribution in [3.8, 4) is 0 Å². The summed E-state index contributed by atoms with van der Waals surface area (Å²) < 4.78 is 34.5. The third kappa shape index (κ3) is 11.4. The summed E-state index contributed by atoms with van der Waals surface area (Å²) in [6.45, 7) is 10.9. The number of nitrogens with one attached hydrogen (secondary N) is 3. The molecule has 0 bridgehead atoms. The Morgan fingerprint density at radius 3 is 1.97 bits per heavy atom. The third-order valence-electron chi connectivity index (χ3n) is 14.2. The lowest BCUT2D eigenvalue weighted by Gasteiger charge is -2.31. The molecule has 9 rings (SSSR count). The topological polar surface area (TPSA) is 130 Å². The molecule has 15 heteroatoms. The maximum Gasteiger partial charge on any atom is 0.254 e. The standard InChI is InChI=1S/C55H66BrClN8O3S2/c1-3-5-28-58-54(66)42-24-19-27-46-50(42)62-52(61-46)43(34-38-20-9-11-22-40(38)36-63-29-15-7-16-30-63)48-49(56)55(69-51(48)57)70(67,68)65(33-6-4-2)47(53-59-44-25-13-14-26-45(44)60-53)35-39-21-10-12-23-41(39)37-64-31-17-8-18-32-64/h9-14,19-27,43,47H,3-8,15-18,28-37H2,1-2H3,(H,58,66)(H,59,60)(H,61,62). The normalized spacial score (nSPS) is 16.1.